The quantitative estimate of drug-likeness (QED) is 0.126. The maximum Gasteiger partial charge on any atom is 0.336 e. The standard InChI is InChI=1S/C47H50N2O5/c50-31-38-27-40(14-19-45(38)47(51)52)48-24-21-39(22-25-48)49-29-34(30-49)23-26-53-41-15-11-36(12-16-41)46-43(35-9-5-2-6-10-35)18-13-37-28-42(17-20-44(37)46)54-32-33-7-3-1-4-8-33/h1-12,14-17,19-20,27-28,34,39,43,46,50H,13,18,21-26,29-32H2,(H,51,52)/t43-,46+/m1/s1. The van der Waals surface area contributed by atoms with E-state index in [-0.39, 0.29) is 18.1 Å². The first-order chi connectivity index (χ1) is 26.5. The Morgan fingerprint density at radius 3 is 2.19 bits per heavy atom. The van der Waals surface area contributed by atoms with E-state index in [0.29, 0.717) is 30.0 Å². The summed E-state index contributed by atoms with van der Waals surface area (Å²) in [6.45, 7) is 5.13. The SMILES string of the molecule is O=C(O)c1ccc(N2CCC(N3CC(CCOc4ccc([C@@H]5c6ccc(OCc7ccccc7)cc6CC[C@@H]5c5ccccc5)cc4)C3)CC2)cc1CO. The summed E-state index contributed by atoms with van der Waals surface area (Å²) in [5.74, 6) is 2.18. The second kappa shape index (κ2) is 16.5. The maximum atomic E-state index is 11.5. The molecule has 8 rings (SSSR count). The van der Waals surface area contributed by atoms with Gasteiger partial charge in [-0.05, 0) is 120 Å². The van der Waals surface area contributed by atoms with Gasteiger partial charge >= 0.3 is 5.97 Å². The fourth-order valence-corrected chi connectivity index (χ4v) is 8.91. The average Bonchev–Trinajstić information content (AvgIpc) is 3.21. The molecule has 5 aromatic carbocycles. The summed E-state index contributed by atoms with van der Waals surface area (Å²) in [5.41, 5.74) is 8.29. The third-order valence-electron chi connectivity index (χ3n) is 11.9. The van der Waals surface area contributed by atoms with Gasteiger partial charge in [-0.2, -0.15) is 0 Å². The summed E-state index contributed by atoms with van der Waals surface area (Å²) in [7, 11) is 0. The predicted octanol–water partition coefficient (Wildman–Crippen LogP) is 8.69. The van der Waals surface area contributed by atoms with Crippen LogP contribution in [0.2, 0.25) is 0 Å². The lowest BCUT2D eigenvalue weighted by Gasteiger charge is -2.47. The van der Waals surface area contributed by atoms with Gasteiger partial charge < -0.3 is 24.6 Å². The number of aliphatic hydroxyl groups excluding tert-OH is 1. The fraction of sp³-hybridized carbons (Fsp3) is 0.340. The maximum absolute atomic E-state index is 11.5. The monoisotopic (exact) mass is 722 g/mol. The second-order valence-corrected chi connectivity index (χ2v) is 15.2. The van der Waals surface area contributed by atoms with Crippen LogP contribution >= 0.6 is 0 Å². The van der Waals surface area contributed by atoms with Crippen LogP contribution < -0.4 is 14.4 Å². The zero-order valence-electron chi connectivity index (χ0n) is 30.9. The number of hydrogen-bond donors (Lipinski definition) is 2. The molecule has 1 aliphatic carbocycles. The lowest BCUT2D eigenvalue weighted by atomic mass is 9.69. The Hall–Kier alpha value is -5.11. The molecule has 54 heavy (non-hydrogen) atoms. The van der Waals surface area contributed by atoms with E-state index in [2.05, 4.69) is 107 Å². The van der Waals surface area contributed by atoms with Crippen molar-refractivity contribution in [2.45, 2.75) is 63.2 Å². The van der Waals surface area contributed by atoms with Crippen molar-refractivity contribution in [3.8, 4) is 11.5 Å². The third kappa shape index (κ3) is 8.03. The first-order valence-corrected chi connectivity index (χ1v) is 19.6. The number of fused-ring (bicyclic) bond motifs is 1. The number of rotatable bonds is 13. The molecule has 2 saturated heterocycles. The first kappa shape index (κ1) is 35.9. The molecule has 0 amide bonds. The van der Waals surface area contributed by atoms with Crippen LogP contribution in [-0.2, 0) is 19.6 Å². The van der Waals surface area contributed by atoms with E-state index in [1.54, 1.807) is 6.07 Å². The minimum Gasteiger partial charge on any atom is -0.494 e. The number of aromatic carboxylic acids is 1. The molecule has 2 heterocycles. The number of carboxylic acids is 1. The summed E-state index contributed by atoms with van der Waals surface area (Å²) >= 11 is 0. The van der Waals surface area contributed by atoms with Crippen molar-refractivity contribution in [1.29, 1.82) is 0 Å². The summed E-state index contributed by atoms with van der Waals surface area (Å²) in [6.07, 6.45) is 5.35. The number of nitrogens with zero attached hydrogens (tertiary/aromatic N) is 2. The van der Waals surface area contributed by atoms with Gasteiger partial charge in [-0.3, -0.25) is 4.90 Å². The Bertz CT molecular complexity index is 2000. The molecular weight excluding hydrogens is 673 g/mol. The molecule has 2 fully saturated rings. The van der Waals surface area contributed by atoms with E-state index in [1.807, 2.05) is 18.2 Å². The van der Waals surface area contributed by atoms with Crippen LogP contribution in [0.4, 0.5) is 5.69 Å². The number of aryl methyl sites for hydroxylation is 1. The minimum absolute atomic E-state index is 0.173. The highest BCUT2D eigenvalue weighted by Gasteiger charge is 2.35. The molecule has 278 valence electrons. The number of aliphatic hydroxyl groups is 1. The van der Waals surface area contributed by atoms with E-state index in [4.69, 9.17) is 9.47 Å². The Labute approximate surface area is 318 Å². The van der Waals surface area contributed by atoms with Crippen molar-refractivity contribution in [3.63, 3.8) is 0 Å². The van der Waals surface area contributed by atoms with Gasteiger partial charge in [0.1, 0.15) is 18.1 Å². The van der Waals surface area contributed by atoms with Crippen LogP contribution in [0.1, 0.15) is 81.3 Å². The van der Waals surface area contributed by atoms with Gasteiger partial charge in [-0.25, -0.2) is 4.79 Å². The minimum atomic E-state index is -1.00. The number of carboxylic acid groups (broad SMARTS) is 1. The topological polar surface area (TPSA) is 82.5 Å². The van der Waals surface area contributed by atoms with E-state index >= 15 is 0 Å². The van der Waals surface area contributed by atoms with Gasteiger partial charge in [-0.15, -0.1) is 0 Å². The lowest BCUT2D eigenvalue weighted by molar-refractivity contribution is 0.0305. The van der Waals surface area contributed by atoms with E-state index in [9.17, 15) is 15.0 Å². The van der Waals surface area contributed by atoms with Crippen LogP contribution in [0.5, 0.6) is 11.5 Å². The van der Waals surface area contributed by atoms with Gasteiger partial charge in [-0.1, -0.05) is 78.9 Å². The van der Waals surface area contributed by atoms with Crippen molar-refractivity contribution < 1.29 is 24.5 Å². The molecule has 0 bridgehead atoms. The summed E-state index contributed by atoms with van der Waals surface area (Å²) in [4.78, 5) is 16.4. The second-order valence-electron chi connectivity index (χ2n) is 15.2. The van der Waals surface area contributed by atoms with Crippen LogP contribution in [0.3, 0.4) is 0 Å². The zero-order chi connectivity index (χ0) is 36.9. The summed E-state index contributed by atoms with van der Waals surface area (Å²) in [5, 5.41) is 19.1. The Kier molecular flexibility index (Phi) is 11.0. The van der Waals surface area contributed by atoms with Gasteiger partial charge in [0, 0.05) is 43.8 Å². The predicted molar refractivity (Wildman–Crippen MR) is 213 cm³/mol. The molecule has 7 nitrogen and oxygen atoms in total. The highest BCUT2D eigenvalue weighted by Crippen LogP contribution is 2.47. The molecule has 2 N–H and O–H groups in total. The normalized spacial score (nSPS) is 19.2. The number of carbonyl (C=O) groups is 1. The Morgan fingerprint density at radius 2 is 1.46 bits per heavy atom. The van der Waals surface area contributed by atoms with Crippen LogP contribution in [-0.4, -0.2) is 59.9 Å². The molecule has 0 spiro atoms. The summed E-state index contributed by atoms with van der Waals surface area (Å²) in [6, 6.07) is 42.7. The van der Waals surface area contributed by atoms with E-state index in [0.717, 1.165) is 82.1 Å². The molecular formula is C47H50N2O5. The lowest BCUT2D eigenvalue weighted by Crippen LogP contribution is -2.55. The number of piperidine rings is 1. The largest absolute Gasteiger partial charge is 0.494 e. The number of benzene rings is 5. The van der Waals surface area contributed by atoms with Gasteiger partial charge in [0.2, 0.25) is 0 Å². The average molecular weight is 723 g/mol. The molecule has 0 radical (unpaired) electrons. The van der Waals surface area contributed by atoms with Crippen LogP contribution in [0.25, 0.3) is 0 Å². The zero-order valence-corrected chi connectivity index (χ0v) is 30.9. The van der Waals surface area contributed by atoms with Crippen molar-refractivity contribution in [2.75, 3.05) is 37.7 Å². The van der Waals surface area contributed by atoms with Gasteiger partial charge in [0.25, 0.3) is 0 Å². The van der Waals surface area contributed by atoms with Crippen LogP contribution in [0.15, 0.2) is 121 Å². The molecule has 0 unspecified atom stereocenters. The fourth-order valence-electron chi connectivity index (χ4n) is 8.91. The number of anilines is 1. The first-order valence-electron chi connectivity index (χ1n) is 19.6. The molecule has 0 aromatic heterocycles. The Balaban J connectivity index is 0.838. The molecule has 5 aromatic rings. The van der Waals surface area contributed by atoms with E-state index in [1.165, 1.54) is 27.8 Å². The van der Waals surface area contributed by atoms with E-state index < -0.39 is 5.97 Å². The third-order valence-corrected chi connectivity index (χ3v) is 11.9. The van der Waals surface area contributed by atoms with Crippen molar-refractivity contribution in [3.05, 3.63) is 160 Å². The van der Waals surface area contributed by atoms with Crippen LogP contribution in [0, 0.1) is 5.92 Å². The number of ether oxygens (including phenoxy) is 2. The van der Waals surface area contributed by atoms with Gasteiger partial charge in [0.05, 0.1) is 18.8 Å². The molecule has 2 atom stereocenters. The summed E-state index contributed by atoms with van der Waals surface area (Å²) < 4.78 is 12.5. The van der Waals surface area contributed by atoms with Crippen molar-refractivity contribution in [2.24, 2.45) is 5.92 Å². The highest BCUT2D eigenvalue weighted by atomic mass is 16.5. The smallest absolute Gasteiger partial charge is 0.336 e. The molecule has 3 aliphatic rings. The van der Waals surface area contributed by atoms with Crippen molar-refractivity contribution >= 4 is 11.7 Å². The Morgan fingerprint density at radius 1 is 0.741 bits per heavy atom. The molecule has 2 aliphatic heterocycles. The number of hydrogen-bond acceptors (Lipinski definition) is 6. The number of likely N-dealkylation sites (tertiary alicyclic amines) is 1. The van der Waals surface area contributed by atoms with Crippen molar-refractivity contribution in [1.82, 2.24) is 4.90 Å². The molecule has 7 heteroatoms. The highest BCUT2D eigenvalue weighted by molar-refractivity contribution is 5.90. The molecule has 0 saturated carbocycles. The van der Waals surface area contributed by atoms with Gasteiger partial charge in [0.15, 0.2) is 0 Å².